The molecule has 0 bridgehead atoms. The third-order valence-electron chi connectivity index (χ3n) is 2.98. The molecule has 96 valence electrons. The molecule has 2 rings (SSSR count). The van der Waals surface area contributed by atoms with Crippen LogP contribution in [0.2, 0.25) is 0 Å². The van der Waals surface area contributed by atoms with Gasteiger partial charge in [0.25, 0.3) is 11.7 Å². The number of hydrogen-bond acceptors (Lipinski definition) is 3. The molecule has 0 saturated carbocycles. The summed E-state index contributed by atoms with van der Waals surface area (Å²) in [4.78, 5) is 24.9. The second-order valence-electron chi connectivity index (χ2n) is 4.57. The summed E-state index contributed by atoms with van der Waals surface area (Å²) >= 11 is 0. The monoisotopic (exact) mass is 250 g/mol. The molecule has 1 N–H and O–H groups in total. The van der Waals surface area contributed by atoms with E-state index in [0.717, 1.165) is 6.54 Å². The van der Waals surface area contributed by atoms with Gasteiger partial charge in [0.05, 0.1) is 11.3 Å². The lowest BCUT2D eigenvalue weighted by molar-refractivity contribution is -0.114. The van der Waals surface area contributed by atoms with E-state index in [1.54, 1.807) is 0 Å². The van der Waals surface area contributed by atoms with E-state index in [4.69, 9.17) is 0 Å². The highest BCUT2D eigenvalue weighted by Gasteiger charge is 2.36. The third-order valence-corrected chi connectivity index (χ3v) is 2.98. The van der Waals surface area contributed by atoms with Gasteiger partial charge in [-0.1, -0.05) is 6.92 Å². The largest absolute Gasteiger partial charge is 0.319 e. The number of amides is 1. The molecule has 1 unspecified atom stereocenters. The molecule has 18 heavy (non-hydrogen) atoms. The fraction of sp³-hybridized carbons (Fsp3) is 0.385. The molecule has 1 aromatic rings. The zero-order valence-corrected chi connectivity index (χ0v) is 10.4. The molecule has 0 aromatic heterocycles. The molecule has 0 fully saturated rings. The molecule has 1 aliphatic rings. The van der Waals surface area contributed by atoms with Crippen molar-refractivity contribution < 1.29 is 14.0 Å². The van der Waals surface area contributed by atoms with Gasteiger partial charge < -0.3 is 10.2 Å². The summed E-state index contributed by atoms with van der Waals surface area (Å²) in [5.74, 6) is -1.39. The topological polar surface area (TPSA) is 49.4 Å². The average molecular weight is 250 g/mol. The maximum Gasteiger partial charge on any atom is 0.299 e. The molecular weight excluding hydrogens is 235 g/mol. The number of nitrogens with one attached hydrogen (secondary N) is 1. The van der Waals surface area contributed by atoms with Crippen LogP contribution in [-0.2, 0) is 4.79 Å². The minimum atomic E-state index is -0.571. The summed E-state index contributed by atoms with van der Waals surface area (Å²) in [7, 11) is 1.82. The molecule has 1 atom stereocenters. The molecule has 0 saturated heterocycles. The third kappa shape index (κ3) is 2.13. The first-order valence-electron chi connectivity index (χ1n) is 5.85. The van der Waals surface area contributed by atoms with Crippen LogP contribution in [-0.4, -0.2) is 31.8 Å². The Labute approximate surface area is 105 Å². The predicted octanol–water partition coefficient (Wildman–Crippen LogP) is 1.21. The summed E-state index contributed by atoms with van der Waals surface area (Å²) in [6, 6.07) is 3.81. The van der Waals surface area contributed by atoms with Crippen LogP contribution < -0.4 is 10.2 Å². The van der Waals surface area contributed by atoms with Gasteiger partial charge in [0, 0.05) is 6.54 Å². The maximum atomic E-state index is 13.2. The second-order valence-corrected chi connectivity index (χ2v) is 4.57. The first-order chi connectivity index (χ1) is 8.54. The number of halogens is 1. The van der Waals surface area contributed by atoms with E-state index in [-0.39, 0.29) is 11.5 Å². The average Bonchev–Trinajstić information content (AvgIpc) is 2.55. The molecule has 1 heterocycles. The Bertz CT molecular complexity index is 502. The number of Topliss-reactive ketones (excluding diaryl/α,β-unsaturated/α-hetero) is 1. The van der Waals surface area contributed by atoms with Gasteiger partial charge in [-0.05, 0) is 37.7 Å². The number of hydrogen-bond donors (Lipinski definition) is 1. The van der Waals surface area contributed by atoms with Gasteiger partial charge in [-0.2, -0.15) is 0 Å². The van der Waals surface area contributed by atoms with Crippen LogP contribution in [0.25, 0.3) is 0 Å². The first kappa shape index (κ1) is 12.7. The van der Waals surface area contributed by atoms with Crippen molar-refractivity contribution >= 4 is 17.4 Å². The van der Waals surface area contributed by atoms with E-state index in [0.29, 0.717) is 12.2 Å². The van der Waals surface area contributed by atoms with Crippen molar-refractivity contribution in [3.05, 3.63) is 29.6 Å². The van der Waals surface area contributed by atoms with Gasteiger partial charge in [0.1, 0.15) is 5.82 Å². The Morgan fingerprint density at radius 3 is 2.78 bits per heavy atom. The van der Waals surface area contributed by atoms with Crippen molar-refractivity contribution in [2.24, 2.45) is 5.92 Å². The minimum Gasteiger partial charge on any atom is -0.319 e. The number of carbonyl (C=O) groups excluding carboxylic acids is 2. The fourth-order valence-corrected chi connectivity index (χ4v) is 2.17. The van der Waals surface area contributed by atoms with E-state index in [1.807, 2.05) is 14.0 Å². The fourth-order valence-electron chi connectivity index (χ4n) is 2.17. The standard InChI is InChI=1S/C13H15FN2O2/c1-8(6-15-2)7-16-11-5-9(14)3-4-10(11)12(17)13(16)18/h3-5,8,15H,6-7H2,1-2H3. The molecule has 0 aliphatic carbocycles. The summed E-state index contributed by atoms with van der Waals surface area (Å²) in [5.41, 5.74) is 0.672. The lowest BCUT2D eigenvalue weighted by Gasteiger charge is -2.21. The van der Waals surface area contributed by atoms with Gasteiger partial charge in [-0.15, -0.1) is 0 Å². The van der Waals surface area contributed by atoms with Crippen molar-refractivity contribution in [2.45, 2.75) is 6.92 Å². The van der Waals surface area contributed by atoms with Gasteiger partial charge in [0.2, 0.25) is 0 Å². The Kier molecular flexibility index (Phi) is 3.43. The van der Waals surface area contributed by atoms with E-state index in [9.17, 15) is 14.0 Å². The van der Waals surface area contributed by atoms with Crippen LogP contribution in [0.1, 0.15) is 17.3 Å². The molecular formula is C13H15FN2O2. The highest BCUT2D eigenvalue weighted by molar-refractivity contribution is 6.52. The summed E-state index contributed by atoms with van der Waals surface area (Å²) < 4.78 is 13.2. The van der Waals surface area contributed by atoms with E-state index >= 15 is 0 Å². The summed E-state index contributed by atoms with van der Waals surface area (Å²) in [6.07, 6.45) is 0. The molecule has 1 aromatic carbocycles. The SMILES string of the molecule is CNCC(C)CN1C(=O)C(=O)c2ccc(F)cc21. The second kappa shape index (κ2) is 4.86. The van der Waals surface area contributed by atoms with Crippen molar-refractivity contribution in [3.63, 3.8) is 0 Å². The molecule has 1 amide bonds. The lowest BCUT2D eigenvalue weighted by atomic mass is 10.1. The van der Waals surface area contributed by atoms with Crippen molar-refractivity contribution in [2.75, 3.05) is 25.0 Å². The zero-order chi connectivity index (χ0) is 13.3. The number of carbonyl (C=O) groups is 2. The van der Waals surface area contributed by atoms with E-state index in [2.05, 4.69) is 5.32 Å². The molecule has 4 nitrogen and oxygen atoms in total. The van der Waals surface area contributed by atoms with Gasteiger partial charge in [-0.3, -0.25) is 9.59 Å². The lowest BCUT2D eigenvalue weighted by Crippen LogP contribution is -2.36. The first-order valence-corrected chi connectivity index (χ1v) is 5.85. The van der Waals surface area contributed by atoms with Crippen LogP contribution in [0.15, 0.2) is 18.2 Å². The van der Waals surface area contributed by atoms with Crippen LogP contribution in [0.3, 0.4) is 0 Å². The van der Waals surface area contributed by atoms with Crippen LogP contribution in [0.5, 0.6) is 0 Å². The number of anilines is 1. The Morgan fingerprint density at radius 2 is 2.11 bits per heavy atom. The van der Waals surface area contributed by atoms with Crippen LogP contribution in [0.4, 0.5) is 10.1 Å². The molecule has 5 heteroatoms. The highest BCUT2D eigenvalue weighted by Crippen LogP contribution is 2.30. The zero-order valence-electron chi connectivity index (χ0n) is 10.4. The quantitative estimate of drug-likeness (QED) is 0.817. The van der Waals surface area contributed by atoms with Crippen LogP contribution in [0, 0.1) is 11.7 Å². The minimum absolute atomic E-state index is 0.181. The summed E-state index contributed by atoms with van der Waals surface area (Å²) in [6.45, 7) is 3.09. The number of nitrogens with zero attached hydrogens (tertiary/aromatic N) is 1. The Morgan fingerprint density at radius 1 is 1.39 bits per heavy atom. The maximum absolute atomic E-state index is 13.2. The number of rotatable bonds is 4. The van der Waals surface area contributed by atoms with Gasteiger partial charge in [-0.25, -0.2) is 4.39 Å². The summed E-state index contributed by atoms with van der Waals surface area (Å²) in [5, 5.41) is 3.01. The van der Waals surface area contributed by atoms with Crippen LogP contribution >= 0.6 is 0 Å². The molecule has 0 radical (unpaired) electrons. The Hall–Kier alpha value is -1.75. The normalized spacial score (nSPS) is 16.1. The Balaban J connectivity index is 2.30. The number of ketones is 1. The van der Waals surface area contributed by atoms with Crippen molar-refractivity contribution in [1.82, 2.24) is 5.32 Å². The van der Waals surface area contributed by atoms with Crippen molar-refractivity contribution in [3.8, 4) is 0 Å². The molecule has 0 spiro atoms. The number of fused-ring (bicyclic) bond motifs is 1. The van der Waals surface area contributed by atoms with Gasteiger partial charge in [0.15, 0.2) is 0 Å². The van der Waals surface area contributed by atoms with Gasteiger partial charge >= 0.3 is 0 Å². The highest BCUT2D eigenvalue weighted by atomic mass is 19.1. The van der Waals surface area contributed by atoms with Crippen molar-refractivity contribution in [1.29, 1.82) is 0 Å². The molecule has 1 aliphatic heterocycles. The van der Waals surface area contributed by atoms with E-state index in [1.165, 1.54) is 23.1 Å². The number of benzene rings is 1. The predicted molar refractivity (Wildman–Crippen MR) is 66.2 cm³/mol. The van der Waals surface area contributed by atoms with E-state index < -0.39 is 17.5 Å². The smallest absolute Gasteiger partial charge is 0.299 e.